The molecule has 4 N–H and O–H groups in total. The second kappa shape index (κ2) is 17.5. The minimum absolute atomic E-state index is 0.0320. The molecule has 0 bridgehead atoms. The monoisotopic (exact) mass is 699 g/mol. The number of nitrogens with one attached hydrogen (secondary N) is 4. The Morgan fingerprint density at radius 2 is 1.66 bits per heavy atom. The van der Waals surface area contributed by atoms with Gasteiger partial charge in [-0.25, -0.2) is 9.59 Å². The van der Waals surface area contributed by atoms with Gasteiger partial charge in [-0.05, 0) is 41.9 Å². The molecular weight excluding hydrogens is 642 g/mol. The molecule has 0 aromatic rings. The maximum Gasteiger partial charge on any atom is 0.327 e. The highest BCUT2D eigenvalue weighted by Gasteiger charge is 2.47. The van der Waals surface area contributed by atoms with Gasteiger partial charge in [-0.1, -0.05) is 61.5 Å². The largest absolute Gasteiger partial charge is 0.346 e. The Balaban J connectivity index is 2.37. The molecular formula is C36H57N7O7. The fourth-order valence-electron chi connectivity index (χ4n) is 6.19. The topological polar surface area (TPSA) is 177 Å². The average molecular weight is 700 g/mol. The summed E-state index contributed by atoms with van der Waals surface area (Å²) in [5, 5.41) is 10.8. The van der Waals surface area contributed by atoms with Gasteiger partial charge in [-0.3, -0.25) is 28.9 Å². The highest BCUT2D eigenvalue weighted by molar-refractivity contribution is 6.38. The number of hydrogen-bond donors (Lipinski definition) is 4. The second-order valence-electron chi connectivity index (χ2n) is 15.8. The number of nitrogens with zero attached hydrogens (tertiary/aromatic N) is 3. The maximum atomic E-state index is 14.4. The van der Waals surface area contributed by atoms with Crippen LogP contribution in [-0.2, 0) is 24.0 Å². The first kappa shape index (κ1) is 41.8. The first-order valence-corrected chi connectivity index (χ1v) is 17.2. The van der Waals surface area contributed by atoms with Crippen molar-refractivity contribution in [3.05, 3.63) is 12.7 Å². The number of urea groups is 2. The van der Waals surface area contributed by atoms with Gasteiger partial charge in [0, 0.05) is 26.6 Å². The van der Waals surface area contributed by atoms with Crippen molar-refractivity contribution in [1.29, 1.82) is 0 Å². The van der Waals surface area contributed by atoms with Crippen molar-refractivity contribution in [2.45, 2.75) is 105 Å². The molecule has 2 heterocycles. The zero-order valence-corrected chi connectivity index (χ0v) is 31.2. The summed E-state index contributed by atoms with van der Waals surface area (Å²) in [5.41, 5.74) is -1.38. The van der Waals surface area contributed by atoms with E-state index in [4.69, 9.17) is 6.42 Å². The van der Waals surface area contributed by atoms with E-state index >= 15 is 0 Å². The van der Waals surface area contributed by atoms with Crippen LogP contribution < -0.4 is 21.3 Å². The van der Waals surface area contributed by atoms with Gasteiger partial charge in [0.1, 0.15) is 18.6 Å². The zero-order chi connectivity index (χ0) is 38.1. The van der Waals surface area contributed by atoms with Crippen molar-refractivity contribution >= 4 is 41.5 Å². The third kappa shape index (κ3) is 11.1. The number of rotatable bonds is 15. The van der Waals surface area contributed by atoms with Crippen LogP contribution in [0.3, 0.4) is 0 Å². The number of amides is 8. The van der Waals surface area contributed by atoms with E-state index in [1.807, 2.05) is 34.6 Å². The summed E-state index contributed by atoms with van der Waals surface area (Å²) in [7, 11) is 1.53. The number of hydrogen-bond acceptors (Lipinski definition) is 7. The molecule has 278 valence electrons. The van der Waals surface area contributed by atoms with E-state index in [0.29, 0.717) is 12.8 Å². The smallest absolute Gasteiger partial charge is 0.327 e. The zero-order valence-electron chi connectivity index (χ0n) is 31.2. The lowest BCUT2D eigenvalue weighted by atomic mass is 9.84. The van der Waals surface area contributed by atoms with E-state index in [-0.39, 0.29) is 56.8 Å². The molecule has 0 aromatic carbocycles. The Kier molecular flexibility index (Phi) is 14.6. The number of Topliss-reactive ketones (excluding diaryl/α,β-unsaturated/α-hetero) is 1. The summed E-state index contributed by atoms with van der Waals surface area (Å²) < 4.78 is 0. The van der Waals surface area contributed by atoms with E-state index in [1.54, 1.807) is 20.8 Å². The van der Waals surface area contributed by atoms with Crippen molar-refractivity contribution in [1.82, 2.24) is 36.0 Å². The van der Waals surface area contributed by atoms with Crippen LogP contribution in [-0.4, -0.2) is 114 Å². The fourth-order valence-corrected chi connectivity index (χ4v) is 6.19. The lowest BCUT2D eigenvalue weighted by Gasteiger charge is -2.38. The molecule has 2 rings (SSSR count). The lowest BCUT2D eigenvalue weighted by molar-refractivity contribution is -0.144. The molecule has 2 aliphatic rings. The summed E-state index contributed by atoms with van der Waals surface area (Å²) in [6.45, 7) is 18.7. The predicted molar refractivity (Wildman–Crippen MR) is 189 cm³/mol. The van der Waals surface area contributed by atoms with E-state index in [1.165, 1.54) is 22.9 Å². The molecule has 2 fully saturated rings. The molecule has 50 heavy (non-hydrogen) atoms. The summed E-state index contributed by atoms with van der Waals surface area (Å²) in [4.78, 5) is 96.6. The van der Waals surface area contributed by atoms with Crippen molar-refractivity contribution in [3.8, 4) is 12.3 Å². The van der Waals surface area contributed by atoms with Crippen LogP contribution in [0, 0.1) is 35.0 Å². The summed E-state index contributed by atoms with van der Waals surface area (Å²) >= 11 is 0. The number of ketones is 1. The Morgan fingerprint density at radius 1 is 1.02 bits per heavy atom. The van der Waals surface area contributed by atoms with E-state index < -0.39 is 70.6 Å². The summed E-state index contributed by atoms with van der Waals surface area (Å²) in [6.07, 6.45) is 8.17. The Hall–Kier alpha value is -4.41. The van der Waals surface area contributed by atoms with Gasteiger partial charge >= 0.3 is 12.1 Å². The van der Waals surface area contributed by atoms with Crippen LogP contribution in [0.25, 0.3) is 0 Å². The standard InChI is InChI=1S/C36H57N7O7/c1-12-14-15-24(28(45)31(47)37-17-13-2)38-30(46)27-23(19-22(3)4)16-18-42(27)32(48)29(36(8,9)10)40-33(49)39-25(35(5,6)7)20-43-26(44)21-41(11)34(43)50/h1,13,22-25,27,29H,2,14-21H2,3-11H3,(H,37,47)(H,38,46)(H2,39,40,49)/t23-,24?,25-,27+,29-/m1/s1. The van der Waals surface area contributed by atoms with Crippen LogP contribution in [0.15, 0.2) is 12.7 Å². The van der Waals surface area contributed by atoms with Gasteiger partial charge in [-0.2, -0.15) is 0 Å². The van der Waals surface area contributed by atoms with Crippen molar-refractivity contribution in [2.24, 2.45) is 22.7 Å². The molecule has 2 saturated heterocycles. The molecule has 0 spiro atoms. The summed E-state index contributed by atoms with van der Waals surface area (Å²) in [6, 6.07) is -5.03. The normalized spacial score (nSPS) is 19.8. The molecule has 0 saturated carbocycles. The number of terminal acetylenes is 1. The highest BCUT2D eigenvalue weighted by Crippen LogP contribution is 2.33. The third-order valence-electron chi connectivity index (χ3n) is 9.03. The van der Waals surface area contributed by atoms with Gasteiger partial charge in [0.25, 0.3) is 5.91 Å². The van der Waals surface area contributed by atoms with Crippen LogP contribution in [0.2, 0.25) is 0 Å². The van der Waals surface area contributed by atoms with Gasteiger partial charge in [0.15, 0.2) is 0 Å². The number of likely N-dealkylation sites (tertiary alicyclic amines) is 1. The first-order valence-electron chi connectivity index (χ1n) is 17.2. The molecule has 1 unspecified atom stereocenters. The van der Waals surface area contributed by atoms with E-state index in [9.17, 15) is 33.6 Å². The van der Waals surface area contributed by atoms with Crippen molar-refractivity contribution in [3.63, 3.8) is 0 Å². The van der Waals surface area contributed by atoms with Gasteiger partial charge in [-0.15, -0.1) is 18.9 Å². The molecule has 14 heteroatoms. The molecule has 0 aromatic heterocycles. The van der Waals surface area contributed by atoms with Crippen LogP contribution in [0.4, 0.5) is 9.59 Å². The Bertz CT molecular complexity index is 1360. The maximum absolute atomic E-state index is 14.4. The number of carbonyl (C=O) groups excluding carboxylic acids is 7. The van der Waals surface area contributed by atoms with Crippen molar-refractivity contribution in [2.75, 3.05) is 33.2 Å². The van der Waals surface area contributed by atoms with E-state index in [2.05, 4.69) is 33.8 Å². The van der Waals surface area contributed by atoms with Crippen molar-refractivity contribution < 1.29 is 33.6 Å². The molecule has 14 nitrogen and oxygen atoms in total. The molecule has 8 amide bonds. The van der Waals surface area contributed by atoms with Crippen LogP contribution >= 0.6 is 0 Å². The number of carbonyl (C=O) groups is 7. The minimum atomic E-state index is -1.20. The molecule has 0 radical (unpaired) electrons. The predicted octanol–water partition coefficient (Wildman–Crippen LogP) is 2.04. The third-order valence-corrected chi connectivity index (χ3v) is 9.03. The summed E-state index contributed by atoms with van der Waals surface area (Å²) in [5.74, 6) is -0.774. The van der Waals surface area contributed by atoms with Gasteiger partial charge in [0.05, 0.1) is 18.6 Å². The fraction of sp³-hybridized carbons (Fsp3) is 0.694. The molecule has 0 aliphatic carbocycles. The van der Waals surface area contributed by atoms with Gasteiger partial charge < -0.3 is 31.1 Å². The number of imide groups is 1. The number of likely N-dealkylation sites (N-methyl/N-ethyl adjacent to an activating group) is 1. The van der Waals surface area contributed by atoms with E-state index in [0.717, 1.165) is 4.90 Å². The van der Waals surface area contributed by atoms with Gasteiger partial charge in [0.2, 0.25) is 23.5 Å². The lowest BCUT2D eigenvalue weighted by Crippen LogP contribution is -2.62. The Morgan fingerprint density at radius 3 is 2.16 bits per heavy atom. The van der Waals surface area contributed by atoms with Crippen LogP contribution in [0.5, 0.6) is 0 Å². The SMILES string of the molecule is C#CCCC(NC(=O)[C@@H]1[C@@H](CC(C)C)CCN1C(=O)[C@@H](NC(=O)N[C@H](CN1C(=O)CN(C)C1=O)C(C)(C)C)C(C)(C)C)C(=O)C(=O)NCC=C. The quantitative estimate of drug-likeness (QED) is 0.0875. The first-order chi connectivity index (χ1) is 23.1. The second-order valence-corrected chi connectivity index (χ2v) is 15.8. The molecule has 5 atom stereocenters. The highest BCUT2D eigenvalue weighted by atomic mass is 16.2. The molecule has 2 aliphatic heterocycles. The minimum Gasteiger partial charge on any atom is -0.346 e. The Labute approximate surface area is 296 Å². The van der Waals surface area contributed by atoms with Crippen LogP contribution in [0.1, 0.15) is 81.1 Å². The average Bonchev–Trinajstić information content (AvgIpc) is 3.53.